The number of esters is 1. The highest BCUT2D eigenvalue weighted by Gasteiger charge is 2.18. The molecular formula is C30H49F4NO5. The highest BCUT2D eigenvalue weighted by atomic mass is 19.2. The quantitative estimate of drug-likeness (QED) is 0.0449. The molecule has 0 spiro atoms. The van der Waals surface area contributed by atoms with Crippen molar-refractivity contribution in [1.82, 2.24) is 5.32 Å². The zero-order valence-corrected chi connectivity index (χ0v) is 24.3. The van der Waals surface area contributed by atoms with Crippen molar-refractivity contribution in [3.63, 3.8) is 0 Å². The van der Waals surface area contributed by atoms with E-state index in [2.05, 4.69) is 17.0 Å². The molecule has 0 aromatic heterocycles. The standard InChI is InChI=1S/C29H46F3NO5.CH3F/c1-2-3-4-5-6-7-8-9-10-11-12-13-14-15-26(34)33-19-21-37-23-22-36-20-18-27(35)38-29-25(31)17-16-24(30)28(29)32;1-2/h16-17H,2-15,18-23H2,1H3,(H,33,34);1H3. The molecule has 0 unspecified atom stereocenters. The maximum absolute atomic E-state index is 13.5. The fourth-order valence-corrected chi connectivity index (χ4v) is 3.90. The van der Waals surface area contributed by atoms with Gasteiger partial charge in [-0.3, -0.25) is 14.0 Å². The van der Waals surface area contributed by atoms with E-state index in [1.807, 2.05) is 0 Å². The Labute approximate surface area is 237 Å². The lowest BCUT2D eigenvalue weighted by Gasteiger charge is -2.08. The number of benzene rings is 1. The average Bonchev–Trinajstić information content (AvgIpc) is 2.95. The predicted octanol–water partition coefficient (Wildman–Crippen LogP) is 7.62. The number of hydrogen-bond acceptors (Lipinski definition) is 5. The van der Waals surface area contributed by atoms with Gasteiger partial charge in [-0.25, -0.2) is 8.78 Å². The minimum atomic E-state index is -1.55. The van der Waals surface area contributed by atoms with Gasteiger partial charge < -0.3 is 19.5 Å². The first kappa shape index (κ1) is 37.8. The van der Waals surface area contributed by atoms with Crippen molar-refractivity contribution in [2.75, 3.05) is 40.1 Å². The maximum Gasteiger partial charge on any atom is 0.313 e. The second kappa shape index (κ2) is 27.0. The zero-order chi connectivity index (χ0) is 29.8. The van der Waals surface area contributed by atoms with E-state index in [-0.39, 0.29) is 32.1 Å². The Morgan fingerprint density at radius 1 is 0.675 bits per heavy atom. The molecule has 1 N–H and O–H groups in total. The van der Waals surface area contributed by atoms with Gasteiger partial charge in [-0.1, -0.05) is 84.0 Å². The number of nitrogens with one attached hydrogen (secondary N) is 1. The van der Waals surface area contributed by atoms with Crippen molar-refractivity contribution in [2.45, 2.75) is 103 Å². The van der Waals surface area contributed by atoms with E-state index < -0.39 is 29.2 Å². The van der Waals surface area contributed by atoms with Crippen molar-refractivity contribution in [2.24, 2.45) is 0 Å². The summed E-state index contributed by atoms with van der Waals surface area (Å²) in [5, 5.41) is 2.83. The van der Waals surface area contributed by atoms with Crippen LogP contribution in [0.15, 0.2) is 12.1 Å². The molecule has 0 aliphatic carbocycles. The molecule has 0 fully saturated rings. The number of amides is 1. The number of carbonyl (C=O) groups is 2. The third-order valence-electron chi connectivity index (χ3n) is 6.12. The Morgan fingerprint density at radius 2 is 1.18 bits per heavy atom. The summed E-state index contributed by atoms with van der Waals surface area (Å²) in [5.41, 5.74) is 0. The van der Waals surface area contributed by atoms with E-state index in [0.717, 1.165) is 12.8 Å². The van der Waals surface area contributed by atoms with Crippen LogP contribution in [0.5, 0.6) is 5.75 Å². The third kappa shape index (κ3) is 20.7. The summed E-state index contributed by atoms with van der Waals surface area (Å²) >= 11 is 0. The van der Waals surface area contributed by atoms with Crippen molar-refractivity contribution in [3.8, 4) is 5.75 Å². The molecule has 232 valence electrons. The lowest BCUT2D eigenvalue weighted by molar-refractivity contribution is -0.136. The number of unbranched alkanes of at least 4 members (excludes halogenated alkanes) is 12. The van der Waals surface area contributed by atoms with Gasteiger partial charge in [0.05, 0.1) is 40.0 Å². The number of rotatable bonds is 24. The highest BCUT2D eigenvalue weighted by Crippen LogP contribution is 2.24. The van der Waals surface area contributed by atoms with E-state index in [0.29, 0.717) is 38.9 Å². The van der Waals surface area contributed by atoms with Gasteiger partial charge in [-0.15, -0.1) is 0 Å². The number of alkyl halides is 1. The van der Waals surface area contributed by atoms with Crippen LogP contribution in [0, 0.1) is 17.5 Å². The SMILES string of the molecule is CCCCCCCCCCCCCCCC(=O)NCCOCCOCCC(=O)Oc1c(F)ccc(F)c1F.CF. The minimum Gasteiger partial charge on any atom is -0.420 e. The van der Waals surface area contributed by atoms with E-state index in [1.54, 1.807) is 0 Å². The van der Waals surface area contributed by atoms with E-state index in [4.69, 9.17) is 9.47 Å². The lowest BCUT2D eigenvalue weighted by Crippen LogP contribution is -2.27. The molecule has 1 amide bonds. The molecule has 1 aromatic carbocycles. The van der Waals surface area contributed by atoms with Crippen molar-refractivity contribution >= 4 is 11.9 Å². The van der Waals surface area contributed by atoms with Crippen LogP contribution >= 0.6 is 0 Å². The summed E-state index contributed by atoms with van der Waals surface area (Å²) in [6.45, 7) is 3.41. The maximum atomic E-state index is 13.5. The Morgan fingerprint density at radius 3 is 1.75 bits per heavy atom. The van der Waals surface area contributed by atoms with Crippen LogP contribution in [0.25, 0.3) is 0 Å². The second-order valence-corrected chi connectivity index (χ2v) is 9.46. The molecule has 0 aliphatic heterocycles. The van der Waals surface area contributed by atoms with Crippen molar-refractivity contribution < 1.29 is 41.4 Å². The van der Waals surface area contributed by atoms with E-state index in [1.165, 1.54) is 70.6 Å². The Hall–Kier alpha value is -2.20. The van der Waals surface area contributed by atoms with Gasteiger partial charge >= 0.3 is 5.97 Å². The monoisotopic (exact) mass is 579 g/mol. The van der Waals surface area contributed by atoms with Crippen LogP contribution in [0.3, 0.4) is 0 Å². The van der Waals surface area contributed by atoms with Crippen LogP contribution in [-0.2, 0) is 19.1 Å². The topological polar surface area (TPSA) is 73.9 Å². The molecule has 40 heavy (non-hydrogen) atoms. The molecule has 1 rings (SSSR count). The van der Waals surface area contributed by atoms with Crippen LogP contribution in [0.4, 0.5) is 17.6 Å². The third-order valence-corrected chi connectivity index (χ3v) is 6.12. The summed E-state index contributed by atoms with van der Waals surface area (Å²) < 4.78 is 64.6. The van der Waals surface area contributed by atoms with Gasteiger partial charge in [0, 0.05) is 13.0 Å². The van der Waals surface area contributed by atoms with Crippen LogP contribution in [0.2, 0.25) is 0 Å². The Bertz CT molecular complexity index is 783. The van der Waals surface area contributed by atoms with E-state index in [9.17, 15) is 27.2 Å². The molecule has 1 aromatic rings. The number of ether oxygens (including phenoxy) is 3. The smallest absolute Gasteiger partial charge is 0.313 e. The summed E-state index contributed by atoms with van der Waals surface area (Å²) in [6.07, 6.45) is 16.8. The second-order valence-electron chi connectivity index (χ2n) is 9.46. The molecule has 0 bridgehead atoms. The molecular weight excluding hydrogens is 530 g/mol. The molecule has 0 heterocycles. The summed E-state index contributed by atoms with van der Waals surface area (Å²) in [6, 6.07) is 1.29. The van der Waals surface area contributed by atoms with Gasteiger partial charge in [0.1, 0.15) is 0 Å². The Kier molecular flexibility index (Phi) is 25.5. The van der Waals surface area contributed by atoms with Crippen LogP contribution in [-0.4, -0.2) is 52.0 Å². The number of halogens is 4. The van der Waals surface area contributed by atoms with Gasteiger partial charge in [-0.05, 0) is 18.6 Å². The summed E-state index contributed by atoms with van der Waals surface area (Å²) in [4.78, 5) is 23.5. The van der Waals surface area contributed by atoms with Crippen LogP contribution < -0.4 is 10.1 Å². The molecule has 0 aliphatic rings. The van der Waals surface area contributed by atoms with Gasteiger partial charge in [0.15, 0.2) is 11.6 Å². The molecule has 0 atom stereocenters. The number of carbonyl (C=O) groups excluding carboxylic acids is 2. The average molecular weight is 580 g/mol. The lowest BCUT2D eigenvalue weighted by atomic mass is 10.0. The molecule has 0 radical (unpaired) electrons. The number of hydrogen-bond donors (Lipinski definition) is 1. The first-order valence-corrected chi connectivity index (χ1v) is 14.6. The zero-order valence-electron chi connectivity index (χ0n) is 24.3. The summed E-state index contributed by atoms with van der Waals surface area (Å²) in [5.74, 6) is -6.00. The summed E-state index contributed by atoms with van der Waals surface area (Å²) in [7, 11) is 0.500. The van der Waals surface area contributed by atoms with E-state index >= 15 is 0 Å². The minimum absolute atomic E-state index is 0.0256. The largest absolute Gasteiger partial charge is 0.420 e. The molecule has 0 saturated heterocycles. The van der Waals surface area contributed by atoms with Gasteiger partial charge in [0.2, 0.25) is 17.5 Å². The van der Waals surface area contributed by atoms with Crippen molar-refractivity contribution in [3.05, 3.63) is 29.6 Å². The molecule has 10 heteroatoms. The predicted molar refractivity (Wildman–Crippen MR) is 149 cm³/mol. The van der Waals surface area contributed by atoms with Crippen molar-refractivity contribution in [1.29, 1.82) is 0 Å². The molecule has 0 saturated carbocycles. The van der Waals surface area contributed by atoms with Gasteiger partial charge in [0.25, 0.3) is 0 Å². The highest BCUT2D eigenvalue weighted by molar-refractivity contribution is 5.75. The normalized spacial score (nSPS) is 10.7. The first-order valence-electron chi connectivity index (χ1n) is 14.6. The fourth-order valence-electron chi connectivity index (χ4n) is 3.90. The van der Waals surface area contributed by atoms with Crippen LogP contribution in [0.1, 0.15) is 103 Å². The Balaban J connectivity index is 0.00000742. The first-order chi connectivity index (χ1) is 19.5. The fraction of sp³-hybridized carbons (Fsp3) is 0.733. The molecule has 6 nitrogen and oxygen atoms in total. The van der Waals surface area contributed by atoms with Gasteiger partial charge in [-0.2, -0.15) is 4.39 Å².